The Morgan fingerprint density at radius 2 is 1.26 bits per heavy atom. The number of aliphatic hydroxyl groups excluding tert-OH is 2. The maximum Gasteiger partial charge on any atom is 0.220 e. The molecule has 0 aliphatic carbocycles. The summed E-state index contributed by atoms with van der Waals surface area (Å²) in [5, 5.41) is 22.5. The van der Waals surface area contributed by atoms with Crippen LogP contribution in [0.15, 0.2) is 60.8 Å². The third-order valence-electron chi connectivity index (χ3n) is 5.76. The lowest BCUT2D eigenvalue weighted by Gasteiger charge is -2.19. The van der Waals surface area contributed by atoms with Crippen molar-refractivity contribution in [2.75, 3.05) is 6.61 Å². The zero-order valence-corrected chi connectivity index (χ0v) is 22.5. The van der Waals surface area contributed by atoms with Crippen molar-refractivity contribution in [1.82, 2.24) is 5.32 Å². The molecule has 4 heteroatoms. The fourth-order valence-electron chi connectivity index (χ4n) is 3.58. The van der Waals surface area contributed by atoms with Crippen LogP contribution in [0.5, 0.6) is 0 Å². The molecule has 0 aliphatic heterocycles. The minimum absolute atomic E-state index is 0.0987. The molecule has 2 atom stereocenters. The standard InChI is InChI=1S/C31H53NO3/c1-3-5-7-9-11-12-13-14-15-16-17-18-19-20-21-23-25-27-31(35)32-29(28-33)30(34)26-24-22-10-8-6-4-2/h5,7,11-12,14-15,17-18,24,26,29-30,33-34H,3-4,6,8-10,13,16,19-23,25,27-28H2,1-2H3,(H,32,35)/b7-5-,12-11-,15-14-,18-17-,26-24+. The predicted molar refractivity (Wildman–Crippen MR) is 151 cm³/mol. The number of allylic oxidation sites excluding steroid dienone is 9. The summed E-state index contributed by atoms with van der Waals surface area (Å²) in [5.41, 5.74) is 0. The van der Waals surface area contributed by atoms with Gasteiger partial charge in [0.2, 0.25) is 5.91 Å². The highest BCUT2D eigenvalue weighted by atomic mass is 16.3. The SMILES string of the molecule is CC/C=C\C/C=C\C/C=C\C/C=C\CCCCCCC(=O)NC(CO)C(O)/C=C/CCCCCC. The van der Waals surface area contributed by atoms with Gasteiger partial charge in [0.15, 0.2) is 0 Å². The van der Waals surface area contributed by atoms with Crippen molar-refractivity contribution in [2.24, 2.45) is 0 Å². The van der Waals surface area contributed by atoms with E-state index in [1.807, 2.05) is 6.08 Å². The van der Waals surface area contributed by atoms with Gasteiger partial charge in [-0.15, -0.1) is 0 Å². The first-order chi connectivity index (χ1) is 17.2. The van der Waals surface area contributed by atoms with Crippen molar-refractivity contribution >= 4 is 5.91 Å². The number of carbonyl (C=O) groups excluding carboxylic acids is 1. The molecular weight excluding hydrogens is 434 g/mol. The second kappa shape index (κ2) is 26.7. The van der Waals surface area contributed by atoms with Gasteiger partial charge in [0.25, 0.3) is 0 Å². The molecule has 0 aromatic heterocycles. The van der Waals surface area contributed by atoms with Gasteiger partial charge >= 0.3 is 0 Å². The number of carbonyl (C=O) groups is 1. The van der Waals surface area contributed by atoms with Crippen LogP contribution >= 0.6 is 0 Å². The molecule has 0 saturated heterocycles. The van der Waals surface area contributed by atoms with E-state index in [4.69, 9.17) is 0 Å². The lowest BCUT2D eigenvalue weighted by atomic mass is 10.1. The number of hydrogen-bond acceptors (Lipinski definition) is 3. The van der Waals surface area contributed by atoms with Crippen LogP contribution in [0.1, 0.15) is 110 Å². The van der Waals surface area contributed by atoms with Crippen molar-refractivity contribution in [1.29, 1.82) is 0 Å². The Labute approximate surface area is 216 Å². The molecular formula is C31H53NO3. The van der Waals surface area contributed by atoms with Gasteiger partial charge < -0.3 is 15.5 Å². The molecule has 0 saturated carbocycles. The average molecular weight is 488 g/mol. The first kappa shape index (κ1) is 33.1. The smallest absolute Gasteiger partial charge is 0.220 e. The van der Waals surface area contributed by atoms with E-state index >= 15 is 0 Å². The Morgan fingerprint density at radius 1 is 0.714 bits per heavy atom. The molecule has 1 amide bonds. The summed E-state index contributed by atoms with van der Waals surface area (Å²) in [5.74, 6) is -0.0987. The molecule has 35 heavy (non-hydrogen) atoms. The number of rotatable bonds is 23. The largest absolute Gasteiger partial charge is 0.394 e. The monoisotopic (exact) mass is 487 g/mol. The van der Waals surface area contributed by atoms with Crippen LogP contribution in [0, 0.1) is 0 Å². The average Bonchev–Trinajstić information content (AvgIpc) is 2.86. The third kappa shape index (κ3) is 23.6. The lowest BCUT2D eigenvalue weighted by Crippen LogP contribution is -2.45. The number of amides is 1. The second-order valence-corrected chi connectivity index (χ2v) is 9.08. The molecule has 4 nitrogen and oxygen atoms in total. The summed E-state index contributed by atoms with van der Waals surface area (Å²) in [6, 6.07) is -0.632. The fraction of sp³-hybridized carbons (Fsp3) is 0.645. The first-order valence-electron chi connectivity index (χ1n) is 14.0. The number of aliphatic hydroxyl groups is 2. The van der Waals surface area contributed by atoms with E-state index < -0.39 is 12.1 Å². The van der Waals surface area contributed by atoms with Gasteiger partial charge in [0, 0.05) is 6.42 Å². The van der Waals surface area contributed by atoms with Gasteiger partial charge in [0.05, 0.1) is 18.8 Å². The molecule has 0 aliphatic rings. The molecule has 3 N–H and O–H groups in total. The maximum absolute atomic E-state index is 12.1. The van der Waals surface area contributed by atoms with E-state index in [9.17, 15) is 15.0 Å². The van der Waals surface area contributed by atoms with Gasteiger partial charge in [-0.2, -0.15) is 0 Å². The van der Waals surface area contributed by atoms with Gasteiger partial charge in [-0.05, 0) is 57.8 Å². The highest BCUT2D eigenvalue weighted by Crippen LogP contribution is 2.08. The van der Waals surface area contributed by atoms with Gasteiger partial charge in [-0.3, -0.25) is 4.79 Å². The molecule has 2 unspecified atom stereocenters. The predicted octanol–water partition coefficient (Wildman–Crippen LogP) is 7.50. The van der Waals surface area contributed by atoms with E-state index in [0.29, 0.717) is 6.42 Å². The highest BCUT2D eigenvalue weighted by Gasteiger charge is 2.17. The number of unbranched alkanes of at least 4 members (excludes halogenated alkanes) is 8. The number of hydrogen-bond donors (Lipinski definition) is 3. The Kier molecular flexibility index (Phi) is 25.2. The lowest BCUT2D eigenvalue weighted by molar-refractivity contribution is -0.123. The Bertz CT molecular complexity index is 619. The van der Waals surface area contributed by atoms with E-state index in [-0.39, 0.29) is 12.5 Å². The molecule has 0 aromatic carbocycles. The normalized spacial score (nSPS) is 14.3. The summed E-state index contributed by atoms with van der Waals surface area (Å²) in [6.45, 7) is 4.07. The van der Waals surface area contributed by atoms with Crippen LogP contribution in [-0.2, 0) is 4.79 Å². The Balaban J connectivity index is 3.75. The molecule has 0 radical (unpaired) electrons. The Hall–Kier alpha value is -1.91. The van der Waals surface area contributed by atoms with Crippen LogP contribution in [0.2, 0.25) is 0 Å². The zero-order valence-electron chi connectivity index (χ0n) is 22.5. The van der Waals surface area contributed by atoms with E-state index in [2.05, 4.69) is 67.8 Å². The fourth-order valence-corrected chi connectivity index (χ4v) is 3.58. The van der Waals surface area contributed by atoms with Gasteiger partial charge in [-0.1, -0.05) is 107 Å². The van der Waals surface area contributed by atoms with E-state index in [1.165, 1.54) is 19.3 Å². The van der Waals surface area contributed by atoms with E-state index in [1.54, 1.807) is 6.08 Å². The summed E-state index contributed by atoms with van der Waals surface area (Å²) >= 11 is 0. The van der Waals surface area contributed by atoms with Crippen molar-refractivity contribution in [3.8, 4) is 0 Å². The minimum Gasteiger partial charge on any atom is -0.394 e. The van der Waals surface area contributed by atoms with Crippen LogP contribution in [-0.4, -0.2) is 34.9 Å². The van der Waals surface area contributed by atoms with Crippen molar-refractivity contribution in [2.45, 2.75) is 122 Å². The highest BCUT2D eigenvalue weighted by molar-refractivity contribution is 5.76. The summed E-state index contributed by atoms with van der Waals surface area (Å²) in [4.78, 5) is 12.1. The quantitative estimate of drug-likeness (QED) is 0.103. The molecule has 0 rings (SSSR count). The topological polar surface area (TPSA) is 69.6 Å². The summed E-state index contributed by atoms with van der Waals surface area (Å²) in [7, 11) is 0. The van der Waals surface area contributed by atoms with Gasteiger partial charge in [0.1, 0.15) is 0 Å². The van der Waals surface area contributed by atoms with Crippen LogP contribution in [0.25, 0.3) is 0 Å². The molecule has 200 valence electrons. The summed E-state index contributed by atoms with van der Waals surface area (Å²) < 4.78 is 0. The van der Waals surface area contributed by atoms with Crippen LogP contribution < -0.4 is 5.32 Å². The second-order valence-electron chi connectivity index (χ2n) is 9.08. The Morgan fingerprint density at radius 3 is 1.86 bits per heavy atom. The van der Waals surface area contributed by atoms with Crippen molar-refractivity contribution in [3.63, 3.8) is 0 Å². The molecule has 0 fully saturated rings. The molecule has 0 aromatic rings. The molecule has 0 heterocycles. The maximum atomic E-state index is 12.1. The van der Waals surface area contributed by atoms with Crippen LogP contribution in [0.4, 0.5) is 0 Å². The third-order valence-corrected chi connectivity index (χ3v) is 5.76. The zero-order chi connectivity index (χ0) is 25.8. The van der Waals surface area contributed by atoms with Gasteiger partial charge in [-0.25, -0.2) is 0 Å². The minimum atomic E-state index is -0.846. The van der Waals surface area contributed by atoms with Crippen molar-refractivity contribution < 1.29 is 15.0 Å². The van der Waals surface area contributed by atoms with E-state index in [0.717, 1.165) is 70.6 Å². The van der Waals surface area contributed by atoms with Crippen LogP contribution in [0.3, 0.4) is 0 Å². The first-order valence-corrected chi connectivity index (χ1v) is 14.0. The van der Waals surface area contributed by atoms with Crippen molar-refractivity contribution in [3.05, 3.63) is 60.8 Å². The molecule has 0 bridgehead atoms. The number of nitrogens with one attached hydrogen (secondary N) is 1. The summed E-state index contributed by atoms with van der Waals surface area (Å²) in [6.07, 6.45) is 35.9. The molecule has 0 spiro atoms.